The van der Waals surface area contributed by atoms with Crippen LogP contribution in [0.4, 0.5) is 22.0 Å². The van der Waals surface area contributed by atoms with Crippen LogP contribution in [0.15, 0.2) is 60.7 Å². The molecule has 4 aromatic rings. The van der Waals surface area contributed by atoms with Crippen molar-refractivity contribution < 1.29 is 26.7 Å². The first kappa shape index (κ1) is 21.5. The van der Waals surface area contributed by atoms with Gasteiger partial charge in [0.15, 0.2) is 11.6 Å². The smallest absolute Gasteiger partial charge is 0.159 e. The second-order valence-electron chi connectivity index (χ2n) is 7.14. The SMILES string of the molecule is COCc1cc(F)c(-c2ccc(C#Cc3ccc4cc(F)c(F)cc4c3)c(F)c2)c(F)c1. The van der Waals surface area contributed by atoms with Gasteiger partial charge in [0.25, 0.3) is 0 Å². The average molecular weight is 438 g/mol. The maximum absolute atomic E-state index is 14.6. The zero-order chi connectivity index (χ0) is 22.8. The number of hydrogen-bond acceptors (Lipinski definition) is 1. The normalized spacial score (nSPS) is 10.8. The van der Waals surface area contributed by atoms with Gasteiger partial charge in [-0.2, -0.15) is 0 Å². The van der Waals surface area contributed by atoms with Crippen LogP contribution in [-0.4, -0.2) is 7.11 Å². The molecule has 6 heteroatoms. The number of ether oxygens (including phenoxy) is 1. The zero-order valence-corrected chi connectivity index (χ0v) is 16.8. The Kier molecular flexibility index (Phi) is 5.93. The van der Waals surface area contributed by atoms with Crippen molar-refractivity contribution >= 4 is 10.8 Å². The molecule has 1 nitrogen and oxygen atoms in total. The van der Waals surface area contributed by atoms with Crippen LogP contribution >= 0.6 is 0 Å². The summed E-state index contributed by atoms with van der Waals surface area (Å²) in [6, 6.07) is 12.9. The third-order valence-electron chi connectivity index (χ3n) is 4.89. The molecule has 0 aliphatic heterocycles. The van der Waals surface area contributed by atoms with Gasteiger partial charge in [0.2, 0.25) is 0 Å². The number of hydrogen-bond donors (Lipinski definition) is 0. The van der Waals surface area contributed by atoms with Gasteiger partial charge in [-0.15, -0.1) is 0 Å². The van der Waals surface area contributed by atoms with E-state index in [2.05, 4.69) is 11.8 Å². The van der Waals surface area contributed by atoms with Crippen molar-refractivity contribution in [2.24, 2.45) is 0 Å². The zero-order valence-electron chi connectivity index (χ0n) is 16.8. The molecule has 160 valence electrons. The third kappa shape index (κ3) is 4.34. The molecule has 0 saturated carbocycles. The molecule has 32 heavy (non-hydrogen) atoms. The van der Waals surface area contributed by atoms with Crippen LogP contribution in [0.3, 0.4) is 0 Å². The topological polar surface area (TPSA) is 9.23 Å². The molecule has 0 aliphatic rings. The highest BCUT2D eigenvalue weighted by molar-refractivity contribution is 5.84. The monoisotopic (exact) mass is 438 g/mol. The minimum atomic E-state index is -0.973. The summed E-state index contributed by atoms with van der Waals surface area (Å²) in [7, 11) is 1.41. The molecular weight excluding hydrogens is 423 g/mol. The molecule has 0 saturated heterocycles. The molecule has 0 spiro atoms. The summed E-state index contributed by atoms with van der Waals surface area (Å²) in [4.78, 5) is 0. The van der Waals surface area contributed by atoms with Crippen molar-refractivity contribution in [3.8, 4) is 23.0 Å². The van der Waals surface area contributed by atoms with Gasteiger partial charge in [0.1, 0.15) is 17.5 Å². The van der Waals surface area contributed by atoms with Gasteiger partial charge >= 0.3 is 0 Å². The predicted octanol–water partition coefficient (Wildman–Crippen LogP) is 6.75. The third-order valence-corrected chi connectivity index (χ3v) is 4.89. The Bertz CT molecular complexity index is 1380. The number of benzene rings is 4. The van der Waals surface area contributed by atoms with Gasteiger partial charge in [0.05, 0.1) is 17.7 Å². The van der Waals surface area contributed by atoms with Gasteiger partial charge < -0.3 is 4.74 Å². The Hall–Kier alpha value is -3.69. The van der Waals surface area contributed by atoms with E-state index in [1.165, 1.54) is 19.2 Å². The first-order valence-corrected chi connectivity index (χ1v) is 9.53. The maximum atomic E-state index is 14.6. The molecule has 0 atom stereocenters. The van der Waals surface area contributed by atoms with Gasteiger partial charge in [0, 0.05) is 12.7 Å². The molecule has 0 N–H and O–H groups in total. The van der Waals surface area contributed by atoms with E-state index in [-0.39, 0.29) is 23.3 Å². The molecule has 0 bridgehead atoms. The van der Waals surface area contributed by atoms with Crippen LogP contribution in [0, 0.1) is 40.9 Å². The quantitative estimate of drug-likeness (QED) is 0.254. The Morgan fingerprint density at radius 1 is 0.656 bits per heavy atom. The Labute approximate surface area is 181 Å². The minimum absolute atomic E-state index is 0.0240. The number of rotatable bonds is 3. The van der Waals surface area contributed by atoms with Crippen LogP contribution in [0.1, 0.15) is 16.7 Å². The van der Waals surface area contributed by atoms with Crippen molar-refractivity contribution in [3.63, 3.8) is 0 Å². The molecule has 4 rings (SSSR count). The molecule has 0 fully saturated rings. The van der Waals surface area contributed by atoms with E-state index in [9.17, 15) is 22.0 Å². The Morgan fingerprint density at radius 3 is 2.00 bits per heavy atom. The first-order valence-electron chi connectivity index (χ1n) is 9.53. The van der Waals surface area contributed by atoms with E-state index in [0.717, 1.165) is 30.3 Å². The fourth-order valence-corrected chi connectivity index (χ4v) is 3.38. The van der Waals surface area contributed by atoms with E-state index in [4.69, 9.17) is 4.74 Å². The van der Waals surface area contributed by atoms with Crippen LogP contribution in [0.25, 0.3) is 21.9 Å². The molecule has 0 radical (unpaired) electrons. The first-order chi connectivity index (χ1) is 15.4. The van der Waals surface area contributed by atoms with Crippen LogP contribution in [-0.2, 0) is 11.3 Å². The summed E-state index contributed by atoms with van der Waals surface area (Å²) >= 11 is 0. The fourth-order valence-electron chi connectivity index (χ4n) is 3.38. The van der Waals surface area contributed by atoms with Crippen molar-refractivity contribution in [2.45, 2.75) is 6.61 Å². The highest BCUT2D eigenvalue weighted by Crippen LogP contribution is 2.29. The standard InChI is InChI=1S/C26H15F5O/c1-32-14-16-9-24(30)26(25(31)10-16)19-7-6-17(21(27)12-19)4-2-15-3-5-18-11-22(28)23(29)13-20(18)8-15/h3,5-13H,14H2,1H3. The summed E-state index contributed by atoms with van der Waals surface area (Å²) in [5, 5.41) is 0.958. The lowest BCUT2D eigenvalue weighted by Crippen LogP contribution is -1.97. The van der Waals surface area contributed by atoms with E-state index in [1.54, 1.807) is 18.2 Å². The molecule has 0 unspecified atom stereocenters. The Balaban J connectivity index is 1.65. The minimum Gasteiger partial charge on any atom is -0.380 e. The summed E-state index contributed by atoms with van der Waals surface area (Å²) in [6.07, 6.45) is 0. The lowest BCUT2D eigenvalue weighted by Gasteiger charge is -2.09. The molecule has 0 amide bonds. The van der Waals surface area contributed by atoms with Crippen molar-refractivity contribution in [3.05, 3.63) is 106 Å². The van der Waals surface area contributed by atoms with E-state index < -0.39 is 29.1 Å². The summed E-state index contributed by atoms with van der Waals surface area (Å²) in [5.41, 5.74) is 0.517. The number of halogens is 5. The van der Waals surface area contributed by atoms with Gasteiger partial charge in [-0.25, -0.2) is 22.0 Å². The average Bonchev–Trinajstić information content (AvgIpc) is 2.74. The molecular formula is C26H15F5O. The van der Waals surface area contributed by atoms with Crippen molar-refractivity contribution in [1.29, 1.82) is 0 Å². The maximum Gasteiger partial charge on any atom is 0.159 e. The van der Waals surface area contributed by atoms with Crippen molar-refractivity contribution in [1.82, 2.24) is 0 Å². The van der Waals surface area contributed by atoms with Gasteiger partial charge in [-0.3, -0.25) is 0 Å². The lowest BCUT2D eigenvalue weighted by molar-refractivity contribution is 0.184. The summed E-state index contributed by atoms with van der Waals surface area (Å²) in [5.74, 6) is 1.11. The van der Waals surface area contributed by atoms with Crippen molar-refractivity contribution in [2.75, 3.05) is 7.11 Å². The number of methoxy groups -OCH3 is 1. The van der Waals surface area contributed by atoms with E-state index >= 15 is 0 Å². The molecule has 0 heterocycles. The predicted molar refractivity (Wildman–Crippen MR) is 112 cm³/mol. The molecule has 0 aromatic heterocycles. The fraction of sp³-hybridized carbons (Fsp3) is 0.0769. The van der Waals surface area contributed by atoms with Gasteiger partial charge in [-0.05, 0) is 70.4 Å². The van der Waals surface area contributed by atoms with Crippen LogP contribution in [0.5, 0.6) is 0 Å². The van der Waals surface area contributed by atoms with E-state index in [0.29, 0.717) is 21.9 Å². The largest absolute Gasteiger partial charge is 0.380 e. The summed E-state index contributed by atoms with van der Waals surface area (Å²) < 4.78 is 75.1. The van der Waals surface area contributed by atoms with Gasteiger partial charge in [-0.1, -0.05) is 24.0 Å². The highest BCUT2D eigenvalue weighted by Gasteiger charge is 2.15. The van der Waals surface area contributed by atoms with E-state index in [1.807, 2.05) is 0 Å². The Morgan fingerprint density at radius 2 is 1.34 bits per heavy atom. The molecule has 0 aliphatic carbocycles. The highest BCUT2D eigenvalue weighted by atomic mass is 19.2. The van der Waals surface area contributed by atoms with Crippen LogP contribution in [0.2, 0.25) is 0 Å². The number of fused-ring (bicyclic) bond motifs is 1. The molecule has 4 aromatic carbocycles. The summed E-state index contributed by atoms with van der Waals surface area (Å²) in [6.45, 7) is 0.0490. The van der Waals surface area contributed by atoms with Crippen LogP contribution < -0.4 is 0 Å². The lowest BCUT2D eigenvalue weighted by atomic mass is 10.0. The second kappa shape index (κ2) is 8.81. The second-order valence-corrected chi connectivity index (χ2v) is 7.14.